The van der Waals surface area contributed by atoms with Crippen molar-refractivity contribution < 1.29 is 9.59 Å². The summed E-state index contributed by atoms with van der Waals surface area (Å²) in [4.78, 5) is 27.0. The van der Waals surface area contributed by atoms with E-state index in [1.54, 1.807) is 24.3 Å². The number of anilines is 1. The Hall–Kier alpha value is -3.26. The van der Waals surface area contributed by atoms with Gasteiger partial charge in [0.1, 0.15) is 6.54 Å². The lowest BCUT2D eigenvalue weighted by Gasteiger charge is -2.16. The van der Waals surface area contributed by atoms with Crippen LogP contribution >= 0.6 is 11.6 Å². The second-order valence-corrected chi connectivity index (χ2v) is 6.64. The quantitative estimate of drug-likeness (QED) is 0.688. The van der Waals surface area contributed by atoms with Gasteiger partial charge in [-0.3, -0.25) is 9.59 Å². The molecule has 0 spiro atoms. The van der Waals surface area contributed by atoms with E-state index in [0.717, 1.165) is 11.1 Å². The van der Waals surface area contributed by atoms with E-state index in [0.29, 0.717) is 16.5 Å². The number of para-hydroxylation sites is 1. The molecule has 1 heterocycles. The maximum Gasteiger partial charge on any atom is 0.246 e. The topological polar surface area (TPSA) is 93.0 Å². The minimum Gasteiger partial charge on any atom is -0.335 e. The molecule has 0 aliphatic carbocycles. The molecule has 0 aliphatic rings. The zero-order valence-corrected chi connectivity index (χ0v) is 16.2. The number of benzene rings is 2. The number of amides is 2. The molecule has 3 rings (SSSR count). The molecule has 0 atom stereocenters. The summed E-state index contributed by atoms with van der Waals surface area (Å²) in [6, 6.07) is 14.6. The minimum atomic E-state index is -0.351. The van der Waals surface area contributed by atoms with Crippen molar-refractivity contribution in [2.24, 2.45) is 0 Å². The first-order chi connectivity index (χ1) is 13.4. The molecular weight excluding hydrogens is 380 g/mol. The Morgan fingerprint density at radius 3 is 2.61 bits per heavy atom. The van der Waals surface area contributed by atoms with Crippen LogP contribution < -0.4 is 5.32 Å². The highest BCUT2D eigenvalue weighted by molar-refractivity contribution is 6.33. The fourth-order valence-corrected chi connectivity index (χ4v) is 2.72. The first-order valence-corrected chi connectivity index (χ1v) is 8.94. The number of aryl methyl sites for hydroxylation is 1. The number of carbonyl (C=O) groups is 2. The van der Waals surface area contributed by atoms with E-state index >= 15 is 0 Å². The van der Waals surface area contributed by atoms with E-state index < -0.39 is 0 Å². The molecule has 0 unspecified atom stereocenters. The standard InChI is InChI=1S/C19H19ClN6O2/c1-13-7-3-4-8-14(13)19-22-24-26(23-19)12-18(28)25(2)11-17(27)21-16-10-6-5-9-15(16)20/h3-10H,11-12H2,1-2H3,(H,21,27). The SMILES string of the molecule is Cc1ccccc1-c1nnn(CC(=O)N(C)CC(=O)Nc2ccccc2Cl)n1. The van der Waals surface area contributed by atoms with Crippen molar-refractivity contribution in [2.75, 3.05) is 18.9 Å². The van der Waals surface area contributed by atoms with E-state index in [4.69, 9.17) is 11.6 Å². The van der Waals surface area contributed by atoms with Gasteiger partial charge in [0.05, 0.1) is 17.3 Å². The average Bonchev–Trinajstić information content (AvgIpc) is 3.12. The van der Waals surface area contributed by atoms with Crippen LogP contribution in [-0.2, 0) is 16.1 Å². The molecule has 9 heteroatoms. The van der Waals surface area contributed by atoms with Gasteiger partial charge in [-0.25, -0.2) is 0 Å². The molecule has 2 aromatic carbocycles. The van der Waals surface area contributed by atoms with Gasteiger partial charge in [0, 0.05) is 12.6 Å². The lowest BCUT2D eigenvalue weighted by atomic mass is 10.1. The van der Waals surface area contributed by atoms with Gasteiger partial charge in [-0.15, -0.1) is 10.2 Å². The average molecular weight is 399 g/mol. The van der Waals surface area contributed by atoms with Gasteiger partial charge in [-0.2, -0.15) is 4.80 Å². The van der Waals surface area contributed by atoms with Crippen molar-refractivity contribution in [1.82, 2.24) is 25.1 Å². The van der Waals surface area contributed by atoms with Gasteiger partial charge < -0.3 is 10.2 Å². The van der Waals surface area contributed by atoms with Crippen molar-refractivity contribution in [3.05, 3.63) is 59.1 Å². The summed E-state index contributed by atoms with van der Waals surface area (Å²) in [6.07, 6.45) is 0. The number of likely N-dealkylation sites (N-methyl/N-ethyl adjacent to an activating group) is 1. The Bertz CT molecular complexity index is 1000. The largest absolute Gasteiger partial charge is 0.335 e. The normalized spacial score (nSPS) is 10.5. The van der Waals surface area contributed by atoms with Crippen molar-refractivity contribution in [1.29, 1.82) is 0 Å². The van der Waals surface area contributed by atoms with Crippen LogP contribution in [0.4, 0.5) is 5.69 Å². The highest BCUT2D eigenvalue weighted by atomic mass is 35.5. The summed E-state index contributed by atoms with van der Waals surface area (Å²) in [5, 5.41) is 15.3. The third-order valence-electron chi connectivity index (χ3n) is 4.07. The van der Waals surface area contributed by atoms with Gasteiger partial charge in [0.25, 0.3) is 0 Å². The van der Waals surface area contributed by atoms with Crippen LogP contribution in [0.15, 0.2) is 48.5 Å². The predicted octanol–water partition coefficient (Wildman–Crippen LogP) is 2.40. The highest BCUT2D eigenvalue weighted by Crippen LogP contribution is 2.20. The fraction of sp³-hybridized carbons (Fsp3) is 0.211. The van der Waals surface area contributed by atoms with Crippen LogP contribution in [0, 0.1) is 6.92 Å². The molecule has 1 aromatic heterocycles. The van der Waals surface area contributed by atoms with Gasteiger partial charge in [-0.1, -0.05) is 48.0 Å². The molecular formula is C19H19ClN6O2. The number of tetrazole rings is 1. The summed E-state index contributed by atoms with van der Waals surface area (Å²) in [5.41, 5.74) is 2.37. The molecule has 0 aliphatic heterocycles. The van der Waals surface area contributed by atoms with Crippen molar-refractivity contribution >= 4 is 29.1 Å². The zero-order valence-electron chi connectivity index (χ0n) is 15.5. The number of aromatic nitrogens is 4. The minimum absolute atomic E-state index is 0.116. The van der Waals surface area contributed by atoms with E-state index in [2.05, 4.69) is 20.7 Å². The van der Waals surface area contributed by atoms with Crippen LogP contribution in [0.5, 0.6) is 0 Å². The first-order valence-electron chi connectivity index (χ1n) is 8.56. The Labute approximate surface area is 167 Å². The molecule has 0 radical (unpaired) electrons. The van der Waals surface area contributed by atoms with Gasteiger partial charge >= 0.3 is 0 Å². The number of nitrogens with one attached hydrogen (secondary N) is 1. The zero-order chi connectivity index (χ0) is 20.1. The summed E-state index contributed by atoms with van der Waals surface area (Å²) in [6.45, 7) is 1.71. The van der Waals surface area contributed by atoms with Gasteiger partial charge in [-0.05, 0) is 29.8 Å². The molecule has 0 bridgehead atoms. The Kier molecular flexibility index (Phi) is 6.00. The molecule has 8 nitrogen and oxygen atoms in total. The smallest absolute Gasteiger partial charge is 0.246 e. The van der Waals surface area contributed by atoms with Crippen LogP contribution in [0.25, 0.3) is 11.4 Å². The summed E-state index contributed by atoms with van der Waals surface area (Å²) in [7, 11) is 1.54. The van der Waals surface area contributed by atoms with E-state index in [9.17, 15) is 9.59 Å². The molecule has 2 amide bonds. The number of carbonyl (C=O) groups excluding carboxylic acids is 2. The van der Waals surface area contributed by atoms with Crippen molar-refractivity contribution in [3.63, 3.8) is 0 Å². The molecule has 28 heavy (non-hydrogen) atoms. The third kappa shape index (κ3) is 4.72. The van der Waals surface area contributed by atoms with E-state index in [1.807, 2.05) is 31.2 Å². The Morgan fingerprint density at radius 2 is 1.86 bits per heavy atom. The lowest BCUT2D eigenvalue weighted by molar-refractivity contribution is -0.134. The second-order valence-electron chi connectivity index (χ2n) is 6.24. The lowest BCUT2D eigenvalue weighted by Crippen LogP contribution is -2.37. The number of halogens is 1. The molecule has 144 valence electrons. The van der Waals surface area contributed by atoms with Crippen molar-refractivity contribution in [3.8, 4) is 11.4 Å². The number of hydrogen-bond acceptors (Lipinski definition) is 5. The van der Waals surface area contributed by atoms with Crippen LogP contribution in [0.1, 0.15) is 5.56 Å². The highest BCUT2D eigenvalue weighted by Gasteiger charge is 2.16. The van der Waals surface area contributed by atoms with Crippen LogP contribution in [-0.4, -0.2) is 50.5 Å². The van der Waals surface area contributed by atoms with Crippen LogP contribution in [0.2, 0.25) is 5.02 Å². The number of hydrogen-bond donors (Lipinski definition) is 1. The molecule has 3 aromatic rings. The molecule has 0 saturated heterocycles. The molecule has 0 saturated carbocycles. The fourth-order valence-electron chi connectivity index (χ4n) is 2.54. The van der Waals surface area contributed by atoms with Crippen molar-refractivity contribution in [2.45, 2.75) is 13.5 Å². The van der Waals surface area contributed by atoms with E-state index in [1.165, 1.54) is 16.7 Å². The maximum atomic E-state index is 12.4. The predicted molar refractivity (Wildman–Crippen MR) is 106 cm³/mol. The molecule has 0 fully saturated rings. The summed E-state index contributed by atoms with van der Waals surface area (Å²) >= 11 is 6.02. The van der Waals surface area contributed by atoms with E-state index in [-0.39, 0.29) is 24.9 Å². The van der Waals surface area contributed by atoms with Gasteiger partial charge in [0.15, 0.2) is 0 Å². The first kappa shape index (κ1) is 19.5. The number of nitrogens with zero attached hydrogens (tertiary/aromatic N) is 5. The monoisotopic (exact) mass is 398 g/mol. The summed E-state index contributed by atoms with van der Waals surface area (Å²) in [5.74, 6) is -0.218. The van der Waals surface area contributed by atoms with Crippen LogP contribution in [0.3, 0.4) is 0 Å². The van der Waals surface area contributed by atoms with Gasteiger partial charge in [0.2, 0.25) is 17.6 Å². The third-order valence-corrected chi connectivity index (χ3v) is 4.40. The Balaban J connectivity index is 1.58. The number of rotatable bonds is 6. The maximum absolute atomic E-state index is 12.4. The molecule has 1 N–H and O–H groups in total. The Morgan fingerprint density at radius 1 is 1.14 bits per heavy atom. The summed E-state index contributed by atoms with van der Waals surface area (Å²) < 4.78 is 0. The second kappa shape index (κ2) is 8.62.